The molecule has 0 saturated heterocycles. The highest BCUT2D eigenvalue weighted by atomic mass is 79.9. The zero-order valence-corrected chi connectivity index (χ0v) is 10.4. The van der Waals surface area contributed by atoms with Gasteiger partial charge in [-0.05, 0) is 11.6 Å². The molecule has 0 aromatic heterocycles. The highest BCUT2D eigenvalue weighted by Crippen LogP contribution is 2.32. The van der Waals surface area contributed by atoms with Crippen LogP contribution in [0.3, 0.4) is 0 Å². The van der Waals surface area contributed by atoms with E-state index in [1.807, 2.05) is 18.2 Å². The summed E-state index contributed by atoms with van der Waals surface area (Å²) >= 11 is 6.94. The zero-order chi connectivity index (χ0) is 9.97. The fraction of sp³-hybridized carbons (Fsp3) is 0.200. The van der Waals surface area contributed by atoms with Crippen LogP contribution in [0.15, 0.2) is 35.2 Å². The first kappa shape index (κ1) is 10.1. The number of halogens is 2. The van der Waals surface area contributed by atoms with Gasteiger partial charge in [-0.2, -0.15) is 0 Å². The Kier molecular flexibility index (Phi) is 3.13. The minimum absolute atomic E-state index is 0.306. The number of alkyl halides is 1. The molecular formula is C10H8Br2O2. The Morgan fingerprint density at radius 2 is 1.93 bits per heavy atom. The van der Waals surface area contributed by atoms with Gasteiger partial charge in [0.15, 0.2) is 0 Å². The van der Waals surface area contributed by atoms with E-state index in [0.29, 0.717) is 0 Å². The summed E-state index contributed by atoms with van der Waals surface area (Å²) in [7, 11) is 0. The van der Waals surface area contributed by atoms with Crippen molar-refractivity contribution in [3.8, 4) is 0 Å². The lowest BCUT2D eigenvalue weighted by Gasteiger charge is -2.14. The van der Waals surface area contributed by atoms with Crippen LogP contribution in [-0.4, -0.2) is 0 Å². The summed E-state index contributed by atoms with van der Waals surface area (Å²) in [5, 5.41) is 0.771. The molecule has 1 aliphatic heterocycles. The third-order valence-electron chi connectivity index (χ3n) is 2.00. The Labute approximate surface area is 99.2 Å². The Hall–Kier alpha value is -0.480. The summed E-state index contributed by atoms with van der Waals surface area (Å²) in [6, 6.07) is 5.97. The molecule has 1 aliphatic rings. The molecular weight excluding hydrogens is 312 g/mol. The molecule has 0 unspecified atom stereocenters. The van der Waals surface area contributed by atoms with Crippen molar-refractivity contribution in [2.75, 3.05) is 0 Å². The molecule has 0 atom stereocenters. The van der Waals surface area contributed by atoms with E-state index in [-0.39, 0.29) is 6.29 Å². The fourth-order valence-electron chi connectivity index (χ4n) is 1.32. The fourth-order valence-corrected chi connectivity index (χ4v) is 2.85. The van der Waals surface area contributed by atoms with E-state index in [4.69, 9.17) is 9.47 Å². The Bertz CT molecular complexity index is 355. The van der Waals surface area contributed by atoms with Gasteiger partial charge < -0.3 is 9.47 Å². The van der Waals surface area contributed by atoms with Crippen molar-refractivity contribution in [3.05, 3.63) is 46.3 Å². The van der Waals surface area contributed by atoms with Gasteiger partial charge in [0.05, 0.1) is 0 Å². The van der Waals surface area contributed by atoms with E-state index in [2.05, 4.69) is 31.9 Å². The molecule has 14 heavy (non-hydrogen) atoms. The lowest BCUT2D eigenvalue weighted by Crippen LogP contribution is -2.02. The van der Waals surface area contributed by atoms with Crippen LogP contribution in [0.5, 0.6) is 0 Å². The van der Waals surface area contributed by atoms with E-state index in [9.17, 15) is 0 Å². The van der Waals surface area contributed by atoms with Gasteiger partial charge in [-0.15, -0.1) is 0 Å². The molecule has 0 bridgehead atoms. The molecule has 2 rings (SSSR count). The summed E-state index contributed by atoms with van der Waals surface area (Å²) < 4.78 is 11.6. The Morgan fingerprint density at radius 3 is 2.57 bits per heavy atom. The van der Waals surface area contributed by atoms with Gasteiger partial charge in [0, 0.05) is 15.4 Å². The number of benzene rings is 1. The second kappa shape index (κ2) is 4.36. The zero-order valence-electron chi connectivity index (χ0n) is 7.24. The van der Waals surface area contributed by atoms with Crippen molar-refractivity contribution in [1.29, 1.82) is 0 Å². The molecule has 0 fully saturated rings. The monoisotopic (exact) mass is 318 g/mol. The van der Waals surface area contributed by atoms with Gasteiger partial charge >= 0.3 is 0 Å². The second-order valence-corrected chi connectivity index (χ2v) is 4.23. The number of hydrogen-bond donors (Lipinski definition) is 0. The first-order valence-corrected chi connectivity index (χ1v) is 6.03. The van der Waals surface area contributed by atoms with Crippen LogP contribution in [0.2, 0.25) is 0 Å². The van der Waals surface area contributed by atoms with E-state index < -0.39 is 0 Å². The summed E-state index contributed by atoms with van der Waals surface area (Å²) in [5.41, 5.74) is 2.20. The average Bonchev–Trinajstić information content (AvgIpc) is 2.70. The van der Waals surface area contributed by atoms with Crippen LogP contribution in [0.1, 0.15) is 17.4 Å². The van der Waals surface area contributed by atoms with Gasteiger partial charge in [0.1, 0.15) is 12.5 Å². The van der Waals surface area contributed by atoms with Crippen LogP contribution < -0.4 is 0 Å². The maximum Gasteiger partial charge on any atom is 0.266 e. The highest BCUT2D eigenvalue weighted by molar-refractivity contribution is 9.10. The third kappa shape index (κ3) is 1.81. The Morgan fingerprint density at radius 1 is 1.21 bits per heavy atom. The van der Waals surface area contributed by atoms with Gasteiger partial charge in [0.2, 0.25) is 0 Å². The van der Waals surface area contributed by atoms with Crippen LogP contribution in [0.4, 0.5) is 0 Å². The minimum Gasteiger partial charge on any atom is -0.455 e. The van der Waals surface area contributed by atoms with Gasteiger partial charge in [-0.1, -0.05) is 44.0 Å². The van der Waals surface area contributed by atoms with Crippen LogP contribution in [0, 0.1) is 0 Å². The van der Waals surface area contributed by atoms with Crippen molar-refractivity contribution in [1.82, 2.24) is 0 Å². The molecule has 0 N–H and O–H groups in total. The third-order valence-corrected chi connectivity index (χ3v) is 3.31. The summed E-state index contributed by atoms with van der Waals surface area (Å²) in [4.78, 5) is 0. The molecule has 0 aliphatic carbocycles. The quantitative estimate of drug-likeness (QED) is 0.771. The molecule has 1 aromatic carbocycles. The maximum atomic E-state index is 5.29. The number of ether oxygens (including phenoxy) is 2. The number of hydrogen-bond acceptors (Lipinski definition) is 2. The van der Waals surface area contributed by atoms with E-state index in [0.717, 1.165) is 20.9 Å². The summed E-state index contributed by atoms with van der Waals surface area (Å²) in [6.07, 6.45) is 2.81. The van der Waals surface area contributed by atoms with E-state index in [1.54, 1.807) is 12.5 Å². The van der Waals surface area contributed by atoms with Gasteiger partial charge in [-0.3, -0.25) is 0 Å². The van der Waals surface area contributed by atoms with Gasteiger partial charge in [0.25, 0.3) is 6.29 Å². The minimum atomic E-state index is -0.306. The van der Waals surface area contributed by atoms with Crippen LogP contribution >= 0.6 is 31.9 Å². The number of rotatable bonds is 2. The molecule has 1 aromatic rings. The summed E-state index contributed by atoms with van der Waals surface area (Å²) in [6.45, 7) is 0. The SMILES string of the molecule is BrCc1c(Br)cccc1C1OC=CO1. The molecule has 74 valence electrons. The molecule has 0 saturated carbocycles. The van der Waals surface area contributed by atoms with Crippen molar-refractivity contribution in [3.63, 3.8) is 0 Å². The van der Waals surface area contributed by atoms with Crippen LogP contribution in [0.25, 0.3) is 0 Å². The molecule has 1 heterocycles. The Balaban J connectivity index is 2.36. The summed E-state index contributed by atoms with van der Waals surface area (Å²) in [5.74, 6) is 0. The molecule has 0 amide bonds. The average molecular weight is 320 g/mol. The first-order chi connectivity index (χ1) is 6.83. The van der Waals surface area contributed by atoms with Crippen molar-refractivity contribution >= 4 is 31.9 Å². The smallest absolute Gasteiger partial charge is 0.266 e. The lowest BCUT2D eigenvalue weighted by molar-refractivity contribution is -0.0251. The first-order valence-electron chi connectivity index (χ1n) is 4.12. The molecule has 0 radical (unpaired) electrons. The largest absolute Gasteiger partial charge is 0.455 e. The predicted molar refractivity (Wildman–Crippen MR) is 60.8 cm³/mol. The van der Waals surface area contributed by atoms with Crippen molar-refractivity contribution < 1.29 is 9.47 Å². The predicted octanol–water partition coefficient (Wildman–Crippen LogP) is 3.86. The lowest BCUT2D eigenvalue weighted by atomic mass is 10.1. The van der Waals surface area contributed by atoms with E-state index >= 15 is 0 Å². The standard InChI is InChI=1S/C10H8Br2O2/c11-6-8-7(2-1-3-9(8)12)10-13-4-5-14-10/h1-5,10H,6H2. The molecule has 0 spiro atoms. The normalized spacial score (nSPS) is 15.3. The topological polar surface area (TPSA) is 18.5 Å². The molecule has 4 heteroatoms. The van der Waals surface area contributed by atoms with E-state index in [1.165, 1.54) is 0 Å². The maximum absolute atomic E-state index is 5.29. The van der Waals surface area contributed by atoms with Gasteiger partial charge in [-0.25, -0.2) is 0 Å². The van der Waals surface area contributed by atoms with Crippen molar-refractivity contribution in [2.45, 2.75) is 11.6 Å². The highest BCUT2D eigenvalue weighted by Gasteiger charge is 2.19. The molecule has 2 nitrogen and oxygen atoms in total. The van der Waals surface area contributed by atoms with Crippen molar-refractivity contribution in [2.24, 2.45) is 0 Å². The second-order valence-electron chi connectivity index (χ2n) is 2.82. The van der Waals surface area contributed by atoms with Crippen LogP contribution in [-0.2, 0) is 14.8 Å².